The predicted octanol–water partition coefficient (Wildman–Crippen LogP) is 4.89. The number of likely N-dealkylation sites (N-methyl/N-ethyl adjacent to an activating group) is 1. The number of nitrogens with one attached hydrogen (secondary N) is 1. The van der Waals surface area contributed by atoms with E-state index in [0.717, 1.165) is 17.7 Å². The fraction of sp³-hybridized carbons (Fsp3) is 0.174. The first-order valence-corrected chi connectivity index (χ1v) is 10.7. The number of anilines is 1. The van der Waals surface area contributed by atoms with Gasteiger partial charge >= 0.3 is 0 Å². The molecule has 0 fully saturated rings. The Morgan fingerprint density at radius 1 is 1.00 bits per heavy atom. The van der Waals surface area contributed by atoms with E-state index in [1.807, 2.05) is 0 Å². The highest BCUT2D eigenvalue weighted by Crippen LogP contribution is 2.25. The third-order valence-corrected chi connectivity index (χ3v) is 5.60. The molecule has 0 unspecified atom stereocenters. The molecule has 0 saturated heterocycles. The summed E-state index contributed by atoms with van der Waals surface area (Å²) in [6, 6.07) is 12.5. The molecule has 1 heterocycles. The van der Waals surface area contributed by atoms with Crippen LogP contribution in [0.5, 0.6) is 0 Å². The maximum Gasteiger partial charge on any atom is 0.257 e. The van der Waals surface area contributed by atoms with Gasteiger partial charge in [-0.3, -0.25) is 9.59 Å². The normalized spacial score (nSPS) is 10.6. The molecule has 1 aromatic heterocycles. The highest BCUT2D eigenvalue weighted by atomic mass is 32.2. The fourth-order valence-corrected chi connectivity index (χ4v) is 3.81. The van der Waals surface area contributed by atoms with E-state index in [1.165, 1.54) is 34.9 Å². The van der Waals surface area contributed by atoms with Gasteiger partial charge in [-0.25, -0.2) is 18.2 Å². The number of pyridine rings is 1. The lowest BCUT2D eigenvalue weighted by atomic mass is 10.2. The molecule has 2 amide bonds. The minimum atomic E-state index is -0.903. The molecule has 0 bridgehead atoms. The summed E-state index contributed by atoms with van der Waals surface area (Å²) >= 11 is 1.31. The van der Waals surface area contributed by atoms with Gasteiger partial charge in [0, 0.05) is 18.5 Å². The molecule has 5 nitrogen and oxygen atoms in total. The molecule has 0 radical (unpaired) electrons. The second kappa shape index (κ2) is 10.8. The van der Waals surface area contributed by atoms with Gasteiger partial charge in [0.25, 0.3) is 5.91 Å². The van der Waals surface area contributed by atoms with Crippen LogP contribution in [0.4, 0.5) is 18.9 Å². The van der Waals surface area contributed by atoms with E-state index < -0.39 is 29.1 Å². The van der Waals surface area contributed by atoms with Gasteiger partial charge in [-0.1, -0.05) is 18.2 Å². The zero-order chi connectivity index (χ0) is 23.1. The smallest absolute Gasteiger partial charge is 0.257 e. The number of amides is 2. The van der Waals surface area contributed by atoms with E-state index >= 15 is 0 Å². The molecule has 3 aromatic rings. The van der Waals surface area contributed by atoms with Crippen molar-refractivity contribution in [2.45, 2.75) is 17.7 Å². The molecule has 2 aromatic carbocycles. The Bertz CT molecular complexity index is 1090. The van der Waals surface area contributed by atoms with Gasteiger partial charge < -0.3 is 10.2 Å². The average molecular weight is 459 g/mol. The minimum absolute atomic E-state index is 0.197. The number of para-hydroxylation sites is 1. The quantitative estimate of drug-likeness (QED) is 0.487. The number of halogens is 3. The number of carbonyl (C=O) groups is 2. The number of carbonyl (C=O) groups excluding carboxylic acids is 2. The van der Waals surface area contributed by atoms with Gasteiger partial charge in [0.1, 0.15) is 34.7 Å². The molecule has 0 saturated carbocycles. The van der Waals surface area contributed by atoms with Gasteiger partial charge in [0.2, 0.25) is 5.91 Å². The Morgan fingerprint density at radius 3 is 2.34 bits per heavy atom. The Balaban J connectivity index is 1.70. The van der Waals surface area contributed by atoms with Gasteiger partial charge in [-0.15, -0.1) is 11.8 Å². The largest absolute Gasteiger partial charge is 0.330 e. The molecule has 0 aliphatic heterocycles. The van der Waals surface area contributed by atoms with Crippen LogP contribution < -0.4 is 5.32 Å². The van der Waals surface area contributed by atoms with Crippen LogP contribution >= 0.6 is 11.8 Å². The van der Waals surface area contributed by atoms with Gasteiger partial charge in [0.05, 0.1) is 5.56 Å². The summed E-state index contributed by atoms with van der Waals surface area (Å²) in [5.74, 6) is -2.84. The summed E-state index contributed by atoms with van der Waals surface area (Å²) in [6.07, 6.45) is 1.55. The van der Waals surface area contributed by atoms with E-state index in [4.69, 9.17) is 0 Å². The third kappa shape index (κ3) is 5.88. The molecule has 3 rings (SSSR count). The number of hydrogen-bond donors (Lipinski definition) is 1. The number of thioether (sulfide) groups is 1. The maximum absolute atomic E-state index is 13.8. The summed E-state index contributed by atoms with van der Waals surface area (Å²) in [5, 5.41) is 2.64. The molecular weight excluding hydrogens is 439 g/mol. The third-order valence-electron chi connectivity index (χ3n) is 4.52. The Hall–Kier alpha value is -3.33. The number of nitrogens with zero attached hydrogens (tertiary/aromatic N) is 2. The minimum Gasteiger partial charge on any atom is -0.330 e. The van der Waals surface area contributed by atoms with Crippen molar-refractivity contribution in [3.8, 4) is 0 Å². The van der Waals surface area contributed by atoms with Crippen LogP contribution in [0.25, 0.3) is 0 Å². The molecule has 32 heavy (non-hydrogen) atoms. The Kier molecular flexibility index (Phi) is 7.88. The molecule has 0 spiro atoms. The van der Waals surface area contributed by atoms with Crippen LogP contribution in [-0.4, -0.2) is 34.8 Å². The van der Waals surface area contributed by atoms with Crippen molar-refractivity contribution in [2.75, 3.05) is 18.4 Å². The van der Waals surface area contributed by atoms with E-state index in [1.54, 1.807) is 37.4 Å². The lowest BCUT2D eigenvalue weighted by Gasteiger charge is -2.21. The lowest BCUT2D eigenvalue weighted by Crippen LogP contribution is -2.38. The SMILES string of the molecule is CCN(CC(=O)Nc1c(F)cccc1F)C(=O)c1cccnc1SCc1ccc(F)cc1. The molecule has 0 atom stereocenters. The van der Waals surface area contributed by atoms with Crippen LogP contribution in [0.2, 0.25) is 0 Å². The predicted molar refractivity (Wildman–Crippen MR) is 117 cm³/mol. The van der Waals surface area contributed by atoms with Crippen LogP contribution in [0, 0.1) is 17.5 Å². The van der Waals surface area contributed by atoms with Gasteiger partial charge in [0.15, 0.2) is 0 Å². The first kappa shape index (κ1) is 23.3. The van der Waals surface area contributed by atoms with Crippen molar-refractivity contribution < 1.29 is 22.8 Å². The zero-order valence-corrected chi connectivity index (χ0v) is 18.0. The second-order valence-electron chi connectivity index (χ2n) is 6.74. The molecule has 0 aliphatic carbocycles. The number of hydrogen-bond acceptors (Lipinski definition) is 4. The van der Waals surface area contributed by atoms with Crippen molar-refractivity contribution in [1.29, 1.82) is 0 Å². The molecule has 166 valence electrons. The lowest BCUT2D eigenvalue weighted by molar-refractivity contribution is -0.116. The van der Waals surface area contributed by atoms with Crippen molar-refractivity contribution in [2.24, 2.45) is 0 Å². The highest BCUT2D eigenvalue weighted by Gasteiger charge is 2.22. The Morgan fingerprint density at radius 2 is 1.69 bits per heavy atom. The van der Waals surface area contributed by atoms with Gasteiger partial charge in [-0.05, 0) is 48.9 Å². The standard InChI is InChI=1S/C23H20F3N3O2S/c1-2-29(13-20(30)28-21-18(25)6-3-7-19(21)26)23(31)17-5-4-12-27-22(17)32-14-15-8-10-16(24)11-9-15/h3-12H,2,13-14H2,1H3,(H,28,30). The van der Waals surface area contributed by atoms with Gasteiger partial charge in [-0.2, -0.15) is 0 Å². The topological polar surface area (TPSA) is 62.3 Å². The van der Waals surface area contributed by atoms with Crippen LogP contribution in [0.15, 0.2) is 65.8 Å². The molecule has 1 N–H and O–H groups in total. The highest BCUT2D eigenvalue weighted by molar-refractivity contribution is 7.98. The monoisotopic (exact) mass is 459 g/mol. The first-order chi connectivity index (χ1) is 15.4. The van der Waals surface area contributed by atoms with E-state index in [2.05, 4.69) is 10.3 Å². The summed E-state index contributed by atoms with van der Waals surface area (Å²) in [6.45, 7) is 1.50. The maximum atomic E-state index is 13.8. The molecule has 9 heteroatoms. The van der Waals surface area contributed by atoms with Crippen molar-refractivity contribution in [3.63, 3.8) is 0 Å². The number of benzene rings is 2. The summed E-state index contributed by atoms with van der Waals surface area (Å²) in [7, 11) is 0. The van der Waals surface area contributed by atoms with Crippen LogP contribution in [0.3, 0.4) is 0 Å². The molecule has 0 aliphatic rings. The average Bonchev–Trinajstić information content (AvgIpc) is 2.79. The summed E-state index contributed by atoms with van der Waals surface area (Å²) in [4.78, 5) is 30.9. The van der Waals surface area contributed by atoms with E-state index in [-0.39, 0.29) is 18.9 Å². The van der Waals surface area contributed by atoms with Crippen molar-refractivity contribution in [1.82, 2.24) is 9.88 Å². The summed E-state index contributed by atoms with van der Waals surface area (Å²) in [5.41, 5.74) is 0.600. The van der Waals surface area contributed by atoms with Crippen molar-refractivity contribution in [3.05, 3.63) is 89.4 Å². The zero-order valence-electron chi connectivity index (χ0n) is 17.1. The summed E-state index contributed by atoms with van der Waals surface area (Å²) < 4.78 is 40.7. The first-order valence-electron chi connectivity index (χ1n) is 9.74. The van der Waals surface area contributed by atoms with E-state index in [0.29, 0.717) is 16.3 Å². The number of rotatable bonds is 8. The molecular formula is C23H20F3N3O2S. The number of aromatic nitrogens is 1. The van der Waals surface area contributed by atoms with E-state index in [9.17, 15) is 22.8 Å². The van der Waals surface area contributed by atoms with Crippen molar-refractivity contribution >= 4 is 29.3 Å². The Labute approximate surface area is 187 Å². The fourth-order valence-electron chi connectivity index (χ4n) is 2.87. The van der Waals surface area contributed by atoms with Crippen LogP contribution in [0.1, 0.15) is 22.8 Å². The van der Waals surface area contributed by atoms with Crippen LogP contribution in [-0.2, 0) is 10.5 Å². The second-order valence-corrected chi connectivity index (χ2v) is 7.70.